The summed E-state index contributed by atoms with van der Waals surface area (Å²) in [6.07, 6.45) is 0.941. The van der Waals surface area contributed by atoms with Crippen LogP contribution in [-0.4, -0.2) is 22.7 Å². The van der Waals surface area contributed by atoms with Crippen molar-refractivity contribution in [3.05, 3.63) is 51.6 Å². The zero-order chi connectivity index (χ0) is 17.6. The van der Waals surface area contributed by atoms with Gasteiger partial charge in [0, 0.05) is 0 Å². The number of hydrogen-bond donors (Lipinski definition) is 1. The first kappa shape index (κ1) is 17.6. The molecular formula is C17H16BrN3O3S. The van der Waals surface area contributed by atoms with Gasteiger partial charge in [0.05, 0.1) is 15.9 Å². The summed E-state index contributed by atoms with van der Waals surface area (Å²) in [5.41, 5.74) is 1.20. The first-order chi connectivity index (χ1) is 12.2. The van der Waals surface area contributed by atoms with Gasteiger partial charge in [-0.25, -0.2) is 0 Å². The van der Waals surface area contributed by atoms with Crippen LogP contribution in [0.4, 0.5) is 0 Å². The summed E-state index contributed by atoms with van der Waals surface area (Å²) in [5.74, 6) is 1.24. The fourth-order valence-electron chi connectivity index (χ4n) is 2.08. The van der Waals surface area contributed by atoms with Gasteiger partial charge in [-0.3, -0.25) is 4.79 Å². The average molecular weight is 422 g/mol. The number of carbonyl (C=O) groups is 1. The molecule has 0 atom stereocenters. The third kappa shape index (κ3) is 4.67. The van der Waals surface area contributed by atoms with Gasteiger partial charge in [0.1, 0.15) is 5.75 Å². The molecule has 0 saturated heterocycles. The summed E-state index contributed by atoms with van der Waals surface area (Å²) in [7, 11) is 0. The van der Waals surface area contributed by atoms with Gasteiger partial charge in [0.2, 0.25) is 11.7 Å². The maximum Gasteiger partial charge on any atom is 0.258 e. The van der Waals surface area contributed by atoms with Crippen LogP contribution in [-0.2, 0) is 17.8 Å². The number of carbonyl (C=O) groups excluding carboxylic acids is 1. The maximum atomic E-state index is 11.9. The Bertz CT molecular complexity index is 849. The lowest BCUT2D eigenvalue weighted by Crippen LogP contribution is -2.28. The zero-order valence-corrected chi connectivity index (χ0v) is 15.9. The van der Waals surface area contributed by atoms with Crippen molar-refractivity contribution in [2.75, 3.05) is 6.61 Å². The zero-order valence-electron chi connectivity index (χ0n) is 13.5. The number of rotatable bonds is 7. The van der Waals surface area contributed by atoms with E-state index in [0.717, 1.165) is 15.8 Å². The van der Waals surface area contributed by atoms with Gasteiger partial charge < -0.3 is 14.6 Å². The Morgan fingerprint density at radius 1 is 1.40 bits per heavy atom. The standard InChI is InChI=1S/C17H16BrN3O3S/c1-2-11-5-6-13(12(18)8-11)23-10-15(22)19-9-16-20-17(21-24-16)14-4-3-7-25-14/h3-8H,2,9-10H2,1H3,(H,19,22). The highest BCUT2D eigenvalue weighted by Gasteiger charge is 2.11. The van der Waals surface area contributed by atoms with Gasteiger partial charge in [-0.1, -0.05) is 24.2 Å². The molecule has 3 rings (SSSR count). The van der Waals surface area contributed by atoms with Crippen LogP contribution in [0.3, 0.4) is 0 Å². The monoisotopic (exact) mass is 421 g/mol. The molecule has 1 amide bonds. The van der Waals surface area contributed by atoms with E-state index in [2.05, 4.69) is 38.3 Å². The van der Waals surface area contributed by atoms with E-state index < -0.39 is 0 Å². The highest BCUT2D eigenvalue weighted by Crippen LogP contribution is 2.26. The molecule has 0 radical (unpaired) electrons. The van der Waals surface area contributed by atoms with Crippen molar-refractivity contribution in [2.24, 2.45) is 0 Å². The molecule has 25 heavy (non-hydrogen) atoms. The van der Waals surface area contributed by atoms with Crippen LogP contribution in [0.2, 0.25) is 0 Å². The van der Waals surface area contributed by atoms with E-state index in [-0.39, 0.29) is 19.1 Å². The molecule has 0 aliphatic rings. The van der Waals surface area contributed by atoms with Crippen LogP contribution < -0.4 is 10.1 Å². The second-order valence-corrected chi connectivity index (χ2v) is 6.97. The van der Waals surface area contributed by atoms with Crippen molar-refractivity contribution in [3.63, 3.8) is 0 Å². The number of nitrogens with one attached hydrogen (secondary N) is 1. The van der Waals surface area contributed by atoms with Crippen LogP contribution in [0.25, 0.3) is 10.7 Å². The molecule has 0 bridgehead atoms. The van der Waals surface area contributed by atoms with Crippen molar-refractivity contribution in [2.45, 2.75) is 19.9 Å². The predicted molar refractivity (Wildman–Crippen MR) is 98.5 cm³/mol. The summed E-state index contributed by atoms with van der Waals surface area (Å²) >= 11 is 4.97. The van der Waals surface area contributed by atoms with Crippen LogP contribution in [0.15, 0.2) is 44.7 Å². The van der Waals surface area contributed by atoms with Gasteiger partial charge in [-0.2, -0.15) is 4.98 Å². The lowest BCUT2D eigenvalue weighted by atomic mass is 10.2. The van der Waals surface area contributed by atoms with Gasteiger partial charge in [-0.05, 0) is 51.5 Å². The number of aryl methyl sites for hydroxylation is 1. The number of ether oxygens (including phenoxy) is 1. The molecule has 3 aromatic rings. The van der Waals surface area contributed by atoms with E-state index in [1.165, 1.54) is 16.9 Å². The first-order valence-electron chi connectivity index (χ1n) is 7.70. The molecule has 1 N–H and O–H groups in total. The van der Waals surface area contributed by atoms with Crippen LogP contribution in [0.1, 0.15) is 18.4 Å². The number of thiophene rings is 1. The fraction of sp³-hybridized carbons (Fsp3) is 0.235. The Hall–Kier alpha value is -2.19. The van der Waals surface area contributed by atoms with E-state index in [4.69, 9.17) is 9.26 Å². The molecule has 0 spiro atoms. The van der Waals surface area contributed by atoms with E-state index in [1.807, 2.05) is 35.7 Å². The Morgan fingerprint density at radius 2 is 2.28 bits per heavy atom. The molecule has 0 aliphatic heterocycles. The number of benzene rings is 1. The molecule has 2 heterocycles. The fourth-order valence-corrected chi connectivity index (χ4v) is 3.27. The SMILES string of the molecule is CCc1ccc(OCC(=O)NCc2nc(-c3cccs3)no2)c(Br)c1. The van der Waals surface area contributed by atoms with Crippen molar-refractivity contribution in [3.8, 4) is 16.5 Å². The van der Waals surface area contributed by atoms with E-state index in [9.17, 15) is 4.79 Å². The third-order valence-corrected chi connectivity index (χ3v) is 4.90. The number of halogens is 1. The van der Waals surface area contributed by atoms with E-state index in [1.54, 1.807) is 0 Å². The Labute approximate surface area is 157 Å². The van der Waals surface area contributed by atoms with Crippen molar-refractivity contribution in [1.29, 1.82) is 0 Å². The average Bonchev–Trinajstić information content (AvgIpc) is 3.30. The summed E-state index contributed by atoms with van der Waals surface area (Å²) in [5, 5.41) is 8.53. The lowest BCUT2D eigenvalue weighted by molar-refractivity contribution is -0.123. The van der Waals surface area contributed by atoms with Crippen molar-refractivity contribution in [1.82, 2.24) is 15.5 Å². The molecule has 6 nitrogen and oxygen atoms in total. The van der Waals surface area contributed by atoms with Gasteiger partial charge in [0.25, 0.3) is 5.91 Å². The topological polar surface area (TPSA) is 77.2 Å². The largest absolute Gasteiger partial charge is 0.483 e. The molecule has 8 heteroatoms. The molecule has 0 aliphatic carbocycles. The van der Waals surface area contributed by atoms with E-state index in [0.29, 0.717) is 17.5 Å². The Kier molecular flexibility index (Phi) is 5.83. The minimum Gasteiger partial charge on any atom is -0.483 e. The number of aromatic nitrogens is 2. The second-order valence-electron chi connectivity index (χ2n) is 5.17. The number of hydrogen-bond acceptors (Lipinski definition) is 6. The highest BCUT2D eigenvalue weighted by molar-refractivity contribution is 9.10. The first-order valence-corrected chi connectivity index (χ1v) is 9.37. The Morgan fingerprint density at radius 3 is 3.00 bits per heavy atom. The predicted octanol–water partition coefficient (Wildman–Crippen LogP) is 3.82. The molecular weight excluding hydrogens is 406 g/mol. The van der Waals surface area contributed by atoms with E-state index >= 15 is 0 Å². The summed E-state index contributed by atoms with van der Waals surface area (Å²) in [4.78, 5) is 17.1. The number of amides is 1. The van der Waals surface area contributed by atoms with Crippen LogP contribution in [0, 0.1) is 0 Å². The molecule has 0 saturated carbocycles. The van der Waals surface area contributed by atoms with Crippen LogP contribution in [0.5, 0.6) is 5.75 Å². The molecule has 1 aromatic carbocycles. The van der Waals surface area contributed by atoms with Gasteiger partial charge in [-0.15, -0.1) is 11.3 Å². The van der Waals surface area contributed by atoms with Crippen LogP contribution >= 0.6 is 27.3 Å². The quantitative estimate of drug-likeness (QED) is 0.627. The minimum absolute atomic E-state index is 0.0873. The summed E-state index contributed by atoms with van der Waals surface area (Å²) in [6, 6.07) is 9.63. The summed E-state index contributed by atoms with van der Waals surface area (Å²) in [6.45, 7) is 2.16. The van der Waals surface area contributed by atoms with Crippen molar-refractivity contribution >= 4 is 33.2 Å². The smallest absolute Gasteiger partial charge is 0.258 e. The molecule has 0 unspecified atom stereocenters. The van der Waals surface area contributed by atoms with Gasteiger partial charge >= 0.3 is 0 Å². The molecule has 0 fully saturated rings. The Balaban J connectivity index is 1.48. The third-order valence-electron chi connectivity index (χ3n) is 3.41. The maximum absolute atomic E-state index is 11.9. The lowest BCUT2D eigenvalue weighted by Gasteiger charge is -2.09. The normalized spacial score (nSPS) is 10.6. The number of nitrogens with zero attached hydrogens (tertiary/aromatic N) is 2. The summed E-state index contributed by atoms with van der Waals surface area (Å²) < 4.78 is 11.5. The van der Waals surface area contributed by atoms with Gasteiger partial charge in [0.15, 0.2) is 6.61 Å². The second kappa shape index (κ2) is 8.26. The minimum atomic E-state index is -0.262. The highest BCUT2D eigenvalue weighted by atomic mass is 79.9. The molecule has 130 valence electrons. The van der Waals surface area contributed by atoms with Crippen molar-refractivity contribution < 1.29 is 14.1 Å². The molecule has 2 aromatic heterocycles.